The summed E-state index contributed by atoms with van der Waals surface area (Å²) in [6.07, 6.45) is 1.35. The van der Waals surface area contributed by atoms with Crippen molar-refractivity contribution in [2.75, 3.05) is 5.32 Å². The Morgan fingerprint density at radius 3 is 2.75 bits per heavy atom. The van der Waals surface area contributed by atoms with Gasteiger partial charge in [-0.25, -0.2) is 4.79 Å². The molecule has 0 unspecified atom stereocenters. The Bertz CT molecular complexity index is 635. The largest absolute Gasteiger partial charge is 0.444 e. The molecule has 0 radical (unpaired) electrons. The van der Waals surface area contributed by atoms with Gasteiger partial charge in [-0.3, -0.25) is 5.32 Å². The molecular weight excluding hydrogens is 252 g/mol. The molecule has 0 fully saturated rings. The van der Waals surface area contributed by atoms with E-state index in [2.05, 4.69) is 11.9 Å². The fourth-order valence-corrected chi connectivity index (χ4v) is 2.05. The summed E-state index contributed by atoms with van der Waals surface area (Å²) in [7, 11) is 0. The van der Waals surface area contributed by atoms with Crippen molar-refractivity contribution < 1.29 is 9.53 Å². The summed E-state index contributed by atoms with van der Waals surface area (Å²) in [5, 5.41) is 3.87. The topological polar surface area (TPSA) is 43.3 Å². The lowest BCUT2D eigenvalue weighted by Gasteiger charge is -2.20. The Balaban J connectivity index is 2.31. The average Bonchev–Trinajstić information content (AvgIpc) is 2.66. The molecule has 1 heterocycles. The van der Waals surface area contributed by atoms with Gasteiger partial charge in [0.2, 0.25) is 0 Å². The number of aromatic nitrogens is 1. The molecule has 0 saturated carbocycles. The molecule has 4 nitrogen and oxygen atoms in total. The normalized spacial score (nSPS) is 11.3. The first-order valence-corrected chi connectivity index (χ1v) is 6.60. The van der Waals surface area contributed by atoms with Crippen molar-refractivity contribution in [2.45, 2.75) is 32.9 Å². The van der Waals surface area contributed by atoms with Gasteiger partial charge in [-0.05, 0) is 32.9 Å². The Kier molecular flexibility index (Phi) is 3.84. The summed E-state index contributed by atoms with van der Waals surface area (Å²) < 4.78 is 7.27. The molecule has 2 aromatic rings. The van der Waals surface area contributed by atoms with Gasteiger partial charge in [0, 0.05) is 11.9 Å². The van der Waals surface area contributed by atoms with E-state index in [9.17, 15) is 4.79 Å². The predicted molar refractivity (Wildman–Crippen MR) is 82.0 cm³/mol. The second-order valence-corrected chi connectivity index (χ2v) is 5.61. The number of hydrogen-bond acceptors (Lipinski definition) is 2. The lowest BCUT2D eigenvalue weighted by Crippen LogP contribution is -2.27. The minimum Gasteiger partial charge on any atom is -0.444 e. The number of nitrogens with one attached hydrogen (secondary N) is 1. The first-order chi connectivity index (χ1) is 9.40. The number of para-hydroxylation sites is 1. The van der Waals surface area contributed by atoms with E-state index >= 15 is 0 Å². The van der Waals surface area contributed by atoms with Crippen molar-refractivity contribution in [3.8, 4) is 0 Å². The number of allylic oxidation sites excluding steroid dienone is 1. The number of ether oxygens (including phenoxy) is 1. The van der Waals surface area contributed by atoms with Crippen LogP contribution in [0.15, 0.2) is 43.0 Å². The van der Waals surface area contributed by atoms with Gasteiger partial charge >= 0.3 is 6.09 Å². The Labute approximate surface area is 119 Å². The van der Waals surface area contributed by atoms with Crippen LogP contribution in [0.5, 0.6) is 0 Å². The van der Waals surface area contributed by atoms with Crippen molar-refractivity contribution in [1.29, 1.82) is 0 Å². The molecule has 0 spiro atoms. The lowest BCUT2D eigenvalue weighted by molar-refractivity contribution is 0.0635. The van der Waals surface area contributed by atoms with Gasteiger partial charge in [0.15, 0.2) is 0 Å². The van der Waals surface area contributed by atoms with Crippen molar-refractivity contribution >= 4 is 22.8 Å². The predicted octanol–water partition coefficient (Wildman–Crippen LogP) is 4.17. The Morgan fingerprint density at radius 1 is 1.40 bits per heavy atom. The van der Waals surface area contributed by atoms with E-state index in [1.165, 1.54) is 0 Å². The van der Waals surface area contributed by atoms with Gasteiger partial charge in [-0.15, -0.1) is 6.58 Å². The van der Waals surface area contributed by atoms with E-state index in [4.69, 9.17) is 4.74 Å². The number of rotatable bonds is 3. The fraction of sp³-hybridized carbons (Fsp3) is 0.312. The zero-order valence-electron chi connectivity index (χ0n) is 12.1. The van der Waals surface area contributed by atoms with Gasteiger partial charge in [0.1, 0.15) is 11.4 Å². The molecule has 0 bridgehead atoms. The third-order valence-electron chi connectivity index (χ3n) is 2.75. The highest BCUT2D eigenvalue weighted by molar-refractivity contribution is 5.91. The van der Waals surface area contributed by atoms with Crippen LogP contribution in [0.2, 0.25) is 0 Å². The highest BCUT2D eigenvalue weighted by Gasteiger charge is 2.18. The number of hydrogen-bond donors (Lipinski definition) is 1. The minimum absolute atomic E-state index is 0.453. The molecule has 2 rings (SSSR count). The van der Waals surface area contributed by atoms with Gasteiger partial charge in [-0.2, -0.15) is 0 Å². The van der Waals surface area contributed by atoms with Crippen LogP contribution in [-0.4, -0.2) is 16.3 Å². The van der Waals surface area contributed by atoms with Gasteiger partial charge in [0.25, 0.3) is 0 Å². The molecule has 20 heavy (non-hydrogen) atoms. The van der Waals surface area contributed by atoms with Crippen LogP contribution in [0.1, 0.15) is 20.8 Å². The highest BCUT2D eigenvalue weighted by Crippen LogP contribution is 2.24. The first-order valence-electron chi connectivity index (χ1n) is 6.60. The Hall–Kier alpha value is -2.23. The maximum Gasteiger partial charge on any atom is 0.413 e. The van der Waals surface area contributed by atoms with Gasteiger partial charge in [-0.1, -0.05) is 24.3 Å². The lowest BCUT2D eigenvalue weighted by atomic mass is 10.2. The molecule has 1 N–H and O–H groups in total. The van der Waals surface area contributed by atoms with E-state index in [0.717, 1.165) is 10.9 Å². The zero-order chi connectivity index (χ0) is 14.8. The fourth-order valence-electron chi connectivity index (χ4n) is 2.05. The van der Waals surface area contributed by atoms with Gasteiger partial charge < -0.3 is 9.30 Å². The number of fused-ring (bicyclic) bond motifs is 1. The van der Waals surface area contributed by atoms with Crippen LogP contribution in [0.25, 0.3) is 10.9 Å². The molecule has 4 heteroatoms. The maximum absolute atomic E-state index is 11.9. The molecule has 1 amide bonds. The smallest absolute Gasteiger partial charge is 0.413 e. The van der Waals surface area contributed by atoms with Crippen LogP contribution in [0.4, 0.5) is 10.6 Å². The summed E-state index contributed by atoms with van der Waals surface area (Å²) in [5.74, 6) is 0.709. The van der Waals surface area contributed by atoms with E-state index in [1.807, 2.05) is 55.7 Å². The highest BCUT2D eigenvalue weighted by atomic mass is 16.6. The van der Waals surface area contributed by atoms with Crippen molar-refractivity contribution in [3.63, 3.8) is 0 Å². The first kappa shape index (κ1) is 14.2. The molecular formula is C16H20N2O2. The molecule has 0 aliphatic carbocycles. The molecule has 1 aromatic heterocycles. The maximum atomic E-state index is 11.9. The summed E-state index contributed by atoms with van der Waals surface area (Å²) in [6.45, 7) is 9.90. The van der Waals surface area contributed by atoms with E-state index < -0.39 is 11.7 Å². The third kappa shape index (κ3) is 3.20. The monoisotopic (exact) mass is 272 g/mol. The number of carbonyl (C=O) groups excluding carboxylic acids is 1. The molecule has 0 aliphatic heterocycles. The average molecular weight is 272 g/mol. The Morgan fingerprint density at radius 2 is 2.10 bits per heavy atom. The number of benzene rings is 1. The van der Waals surface area contributed by atoms with Crippen LogP contribution < -0.4 is 5.32 Å². The standard InChI is InChI=1S/C16H20N2O2/c1-5-10-18-13-9-7-6-8-12(13)11-14(18)17-15(19)20-16(2,3)4/h5-9,11H,1,10H2,2-4H3,(H,17,19). The number of amides is 1. The SMILES string of the molecule is C=CCn1c(NC(=O)OC(C)(C)C)cc2ccccc21. The van der Waals surface area contributed by atoms with Crippen LogP contribution >= 0.6 is 0 Å². The van der Waals surface area contributed by atoms with Crippen LogP contribution in [0, 0.1) is 0 Å². The molecule has 0 saturated heterocycles. The molecule has 0 atom stereocenters. The zero-order valence-corrected chi connectivity index (χ0v) is 12.1. The number of carbonyl (C=O) groups is 1. The summed E-state index contributed by atoms with van der Waals surface area (Å²) in [5.41, 5.74) is 0.540. The molecule has 1 aromatic carbocycles. The van der Waals surface area contributed by atoms with Crippen LogP contribution in [0.3, 0.4) is 0 Å². The summed E-state index contributed by atoms with van der Waals surface area (Å²) >= 11 is 0. The quantitative estimate of drug-likeness (QED) is 0.852. The number of anilines is 1. The summed E-state index contributed by atoms with van der Waals surface area (Å²) in [4.78, 5) is 11.9. The van der Waals surface area contributed by atoms with Crippen LogP contribution in [-0.2, 0) is 11.3 Å². The second kappa shape index (κ2) is 5.41. The third-order valence-corrected chi connectivity index (χ3v) is 2.75. The molecule has 0 aliphatic rings. The van der Waals surface area contributed by atoms with E-state index in [-0.39, 0.29) is 0 Å². The van der Waals surface area contributed by atoms with Crippen molar-refractivity contribution in [2.24, 2.45) is 0 Å². The second-order valence-electron chi connectivity index (χ2n) is 5.61. The van der Waals surface area contributed by atoms with E-state index in [0.29, 0.717) is 12.4 Å². The van der Waals surface area contributed by atoms with Crippen molar-refractivity contribution in [1.82, 2.24) is 4.57 Å². The van der Waals surface area contributed by atoms with Crippen molar-refractivity contribution in [3.05, 3.63) is 43.0 Å². The summed E-state index contributed by atoms with van der Waals surface area (Å²) in [6, 6.07) is 9.90. The number of nitrogens with zero attached hydrogens (tertiary/aromatic N) is 1. The molecule has 106 valence electrons. The van der Waals surface area contributed by atoms with Gasteiger partial charge in [0.05, 0.1) is 5.52 Å². The minimum atomic E-state index is -0.515. The van der Waals surface area contributed by atoms with E-state index in [1.54, 1.807) is 6.08 Å².